The Balaban J connectivity index is 1.51. The van der Waals surface area contributed by atoms with Crippen LogP contribution in [0.3, 0.4) is 0 Å². The number of carbonyl (C=O) groups excluding carboxylic acids is 1. The Bertz CT molecular complexity index is 767. The Morgan fingerprint density at radius 2 is 2.00 bits per heavy atom. The fourth-order valence-corrected chi connectivity index (χ4v) is 4.21. The van der Waals surface area contributed by atoms with Gasteiger partial charge in [0.2, 0.25) is 5.91 Å². The van der Waals surface area contributed by atoms with Crippen LogP contribution in [0.1, 0.15) is 35.6 Å². The lowest BCUT2D eigenvalue weighted by Gasteiger charge is -2.37. The predicted octanol–water partition coefficient (Wildman–Crippen LogP) is 1.68. The summed E-state index contributed by atoms with van der Waals surface area (Å²) in [6.07, 6.45) is 4.59. The minimum Gasteiger partial charge on any atom is -0.344 e. The van der Waals surface area contributed by atoms with Gasteiger partial charge in [0.15, 0.2) is 0 Å². The van der Waals surface area contributed by atoms with E-state index in [-0.39, 0.29) is 11.3 Å². The molecule has 1 aromatic carbocycles. The van der Waals surface area contributed by atoms with Crippen molar-refractivity contribution in [1.82, 2.24) is 15.3 Å². The summed E-state index contributed by atoms with van der Waals surface area (Å²) in [5.74, 6) is 1.14. The molecule has 5 rings (SSSR count). The zero-order valence-electron chi connectivity index (χ0n) is 13.1. The van der Waals surface area contributed by atoms with Crippen LogP contribution >= 0.6 is 0 Å². The van der Waals surface area contributed by atoms with Crippen molar-refractivity contribution in [1.29, 1.82) is 0 Å². The molecular formula is C18H20N4O. The second-order valence-electron chi connectivity index (χ2n) is 6.91. The number of nitrogens with one attached hydrogen (secondary N) is 2. The Morgan fingerprint density at radius 1 is 1.17 bits per heavy atom. The molecule has 5 nitrogen and oxygen atoms in total. The molecule has 1 aliphatic carbocycles. The van der Waals surface area contributed by atoms with E-state index in [1.807, 2.05) is 17.0 Å². The first-order chi connectivity index (χ1) is 11.3. The van der Waals surface area contributed by atoms with E-state index in [9.17, 15) is 4.79 Å². The number of hydrogen-bond donors (Lipinski definition) is 2. The van der Waals surface area contributed by atoms with Gasteiger partial charge in [-0.1, -0.05) is 18.2 Å². The summed E-state index contributed by atoms with van der Waals surface area (Å²) in [7, 11) is 0. The standard InChI is InChI=1S/C18H20N4O/c23-17-18(10-19-11-18)12-5-1-4-8-15(12)22(17)9-16-20-13-6-2-3-7-14(13)21-16/h1,4-5,8,19H,2-3,6-7,9-11H2,(H,20,21). The molecule has 23 heavy (non-hydrogen) atoms. The third kappa shape index (κ3) is 1.77. The average molecular weight is 308 g/mol. The molecule has 2 N–H and O–H groups in total. The van der Waals surface area contributed by atoms with E-state index < -0.39 is 0 Å². The molecule has 1 amide bonds. The summed E-state index contributed by atoms with van der Waals surface area (Å²) in [5.41, 5.74) is 4.34. The fourth-order valence-electron chi connectivity index (χ4n) is 4.21. The van der Waals surface area contributed by atoms with E-state index in [1.54, 1.807) is 0 Å². The van der Waals surface area contributed by atoms with Crippen LogP contribution in [0.5, 0.6) is 0 Å². The van der Waals surface area contributed by atoms with Gasteiger partial charge in [-0.15, -0.1) is 0 Å². The van der Waals surface area contributed by atoms with Crippen molar-refractivity contribution in [2.75, 3.05) is 18.0 Å². The molecule has 3 heterocycles. The van der Waals surface area contributed by atoms with Crippen LogP contribution in [0.15, 0.2) is 24.3 Å². The number of imidazole rings is 1. The zero-order chi connectivity index (χ0) is 15.4. The summed E-state index contributed by atoms with van der Waals surface area (Å²) in [6, 6.07) is 8.20. The van der Waals surface area contributed by atoms with E-state index in [1.165, 1.54) is 29.8 Å². The molecule has 0 radical (unpaired) electrons. The quantitative estimate of drug-likeness (QED) is 0.887. The van der Waals surface area contributed by atoms with Gasteiger partial charge in [0.1, 0.15) is 11.2 Å². The number of carbonyl (C=O) groups is 1. The first-order valence-electron chi connectivity index (χ1n) is 8.47. The average Bonchev–Trinajstić information content (AvgIpc) is 3.04. The monoisotopic (exact) mass is 308 g/mol. The smallest absolute Gasteiger partial charge is 0.240 e. The lowest BCUT2D eigenvalue weighted by Crippen LogP contribution is -2.61. The van der Waals surface area contributed by atoms with Gasteiger partial charge in [-0.05, 0) is 37.3 Å². The molecule has 1 aromatic heterocycles. The van der Waals surface area contributed by atoms with E-state index in [0.29, 0.717) is 6.54 Å². The number of rotatable bonds is 2. The minimum atomic E-state index is -0.344. The van der Waals surface area contributed by atoms with Crippen molar-refractivity contribution >= 4 is 11.6 Å². The molecule has 5 heteroatoms. The van der Waals surface area contributed by atoms with Crippen LogP contribution in [0.2, 0.25) is 0 Å². The van der Waals surface area contributed by atoms with Gasteiger partial charge in [-0.2, -0.15) is 0 Å². The maximum atomic E-state index is 13.1. The van der Waals surface area contributed by atoms with Crippen LogP contribution in [-0.2, 0) is 29.6 Å². The lowest BCUT2D eigenvalue weighted by atomic mass is 9.76. The molecule has 0 saturated carbocycles. The summed E-state index contributed by atoms with van der Waals surface area (Å²) in [5, 5.41) is 3.27. The number of H-pyrrole nitrogens is 1. The zero-order valence-corrected chi connectivity index (χ0v) is 13.1. The first-order valence-corrected chi connectivity index (χ1v) is 8.47. The molecule has 3 aliphatic rings. The summed E-state index contributed by atoms with van der Waals surface area (Å²) >= 11 is 0. The minimum absolute atomic E-state index is 0.215. The van der Waals surface area contributed by atoms with Crippen LogP contribution in [0.4, 0.5) is 5.69 Å². The number of benzene rings is 1. The van der Waals surface area contributed by atoms with Crippen LogP contribution in [-0.4, -0.2) is 29.0 Å². The highest BCUT2D eigenvalue weighted by Crippen LogP contribution is 2.44. The normalized spacial score (nSPS) is 21.2. The van der Waals surface area contributed by atoms with E-state index in [4.69, 9.17) is 4.98 Å². The van der Waals surface area contributed by atoms with Crippen LogP contribution in [0, 0.1) is 0 Å². The number of amides is 1. The highest BCUT2D eigenvalue weighted by Gasteiger charge is 2.54. The number of aryl methyl sites for hydroxylation is 2. The van der Waals surface area contributed by atoms with Gasteiger partial charge < -0.3 is 15.2 Å². The number of anilines is 1. The molecule has 2 aliphatic heterocycles. The maximum absolute atomic E-state index is 13.1. The number of hydrogen-bond acceptors (Lipinski definition) is 3. The van der Waals surface area contributed by atoms with Gasteiger partial charge in [0.25, 0.3) is 0 Å². The molecule has 1 saturated heterocycles. The number of para-hydroxylation sites is 1. The number of aromatic nitrogens is 2. The molecule has 0 bridgehead atoms. The molecular weight excluding hydrogens is 288 g/mol. The van der Waals surface area contributed by atoms with Crippen molar-refractivity contribution in [3.8, 4) is 0 Å². The summed E-state index contributed by atoms with van der Waals surface area (Å²) in [4.78, 5) is 23.2. The van der Waals surface area contributed by atoms with Gasteiger partial charge >= 0.3 is 0 Å². The Morgan fingerprint density at radius 3 is 2.78 bits per heavy atom. The number of nitrogens with zero attached hydrogens (tertiary/aromatic N) is 2. The lowest BCUT2D eigenvalue weighted by molar-refractivity contribution is -0.125. The molecule has 1 fully saturated rings. The molecule has 0 unspecified atom stereocenters. The largest absolute Gasteiger partial charge is 0.344 e. The van der Waals surface area contributed by atoms with Crippen molar-refractivity contribution in [3.05, 3.63) is 47.0 Å². The molecule has 118 valence electrons. The van der Waals surface area contributed by atoms with E-state index >= 15 is 0 Å². The van der Waals surface area contributed by atoms with Crippen molar-refractivity contribution in [2.45, 2.75) is 37.6 Å². The second kappa shape index (κ2) is 4.68. The highest BCUT2D eigenvalue weighted by atomic mass is 16.2. The number of aromatic amines is 1. The highest BCUT2D eigenvalue weighted by molar-refractivity contribution is 6.09. The summed E-state index contributed by atoms with van der Waals surface area (Å²) < 4.78 is 0. The van der Waals surface area contributed by atoms with Gasteiger partial charge in [-0.3, -0.25) is 4.79 Å². The third-order valence-electron chi connectivity index (χ3n) is 5.53. The Hall–Kier alpha value is -2.14. The molecule has 1 spiro atoms. The third-order valence-corrected chi connectivity index (χ3v) is 5.53. The second-order valence-corrected chi connectivity index (χ2v) is 6.91. The van der Waals surface area contributed by atoms with Gasteiger partial charge in [-0.25, -0.2) is 4.98 Å². The van der Waals surface area contributed by atoms with Crippen molar-refractivity contribution in [3.63, 3.8) is 0 Å². The van der Waals surface area contributed by atoms with Gasteiger partial charge in [0.05, 0.1) is 12.2 Å². The molecule has 0 atom stereocenters. The van der Waals surface area contributed by atoms with Crippen molar-refractivity contribution < 1.29 is 4.79 Å². The SMILES string of the molecule is O=C1N(Cc2nc3c([nH]2)CCCC3)c2ccccc2C12CNC2. The molecule has 2 aromatic rings. The summed E-state index contributed by atoms with van der Waals surface area (Å²) in [6.45, 7) is 2.03. The van der Waals surface area contributed by atoms with Crippen LogP contribution < -0.4 is 10.2 Å². The first kappa shape index (κ1) is 13.3. The Labute approximate surface area is 135 Å². The van der Waals surface area contributed by atoms with Gasteiger partial charge in [0, 0.05) is 24.5 Å². The predicted molar refractivity (Wildman–Crippen MR) is 87.4 cm³/mol. The topological polar surface area (TPSA) is 61.0 Å². The fraction of sp³-hybridized carbons (Fsp3) is 0.444. The Kier molecular flexibility index (Phi) is 2.71. The number of fused-ring (bicyclic) bond motifs is 3. The van der Waals surface area contributed by atoms with E-state index in [0.717, 1.165) is 37.4 Å². The van der Waals surface area contributed by atoms with E-state index in [2.05, 4.69) is 22.4 Å². The van der Waals surface area contributed by atoms with Crippen LogP contribution in [0.25, 0.3) is 0 Å². The maximum Gasteiger partial charge on any atom is 0.240 e. The van der Waals surface area contributed by atoms with Crippen molar-refractivity contribution in [2.24, 2.45) is 0 Å².